The highest BCUT2D eigenvalue weighted by Crippen LogP contribution is 2.25. The number of Topliss-reactive ketones (excluding diaryl/α,β-unsaturated/α-hetero) is 16. The zero-order valence-electron chi connectivity index (χ0n) is 80.9. The summed E-state index contributed by atoms with van der Waals surface area (Å²) in [6.45, 7) is 32.7. The van der Waals surface area contributed by atoms with Crippen LogP contribution in [0, 0.1) is 47.3 Å². The van der Waals surface area contributed by atoms with Crippen molar-refractivity contribution >= 4 is 116 Å². The van der Waals surface area contributed by atoms with Crippen LogP contribution in [-0.4, -0.2) is 275 Å². The average molecular weight is 1840 g/mol. The van der Waals surface area contributed by atoms with Gasteiger partial charge < -0.3 is 87.8 Å². The summed E-state index contributed by atoms with van der Waals surface area (Å²) in [5.41, 5.74) is 0. The molecule has 0 aromatic heterocycles. The van der Waals surface area contributed by atoms with Gasteiger partial charge >= 0.3 is 0 Å². The molecule has 34 heteroatoms. The molecule has 0 heterocycles. The summed E-state index contributed by atoms with van der Waals surface area (Å²) >= 11 is 0. The van der Waals surface area contributed by atoms with E-state index >= 15 is 0 Å². The van der Waals surface area contributed by atoms with Crippen molar-refractivity contribution in [1.29, 1.82) is 0 Å². The molecule has 4 amide bonds. The van der Waals surface area contributed by atoms with Crippen LogP contribution in [0.1, 0.15) is 284 Å². The number of carbonyl (C=O) groups excluding carboxylic acids is 20. The molecule has 0 fully saturated rings. The summed E-state index contributed by atoms with van der Waals surface area (Å²) in [5, 5.41) is 11.0. The van der Waals surface area contributed by atoms with E-state index in [2.05, 4.69) is 21.3 Å². The SMILES string of the molecule is CCNC(=O)C(CCC(=O)COCCOCC)CCC(=O)CC(CCC(C)=O)C(C)=O.CCNC(=O)C(CCC(=O)COCCOCC)CCC(=O)CC(CCC(C)=O)C(C)=O.CCNC(=O)C(CCC(=O)COCCOCC)CCC(=O)CC(CCC(C)=O)C(C)=O.CCOCCOCC(=O)CCC(CCC(=O)CC(CCC(C)=O)C(C)=O)C(=O)NCCOCCOC. The summed E-state index contributed by atoms with van der Waals surface area (Å²) in [7, 11) is 1.57. The molecular weight excluding hydrogens is 1680 g/mol. The second-order valence-electron chi connectivity index (χ2n) is 32.0. The molecule has 0 aliphatic carbocycles. The fourth-order valence-corrected chi connectivity index (χ4v) is 12.8. The molecule has 0 aliphatic rings. The third-order valence-electron chi connectivity index (χ3n) is 20.6. The zero-order chi connectivity index (χ0) is 98.1. The van der Waals surface area contributed by atoms with Gasteiger partial charge in [0.1, 0.15) is 95.8 Å². The molecule has 0 saturated carbocycles. The Labute approximate surface area is 767 Å². The number of carbonyl (C=O) groups is 20. The van der Waals surface area contributed by atoms with Gasteiger partial charge in [-0.15, -0.1) is 0 Å². The lowest BCUT2D eigenvalue weighted by Gasteiger charge is -2.17. The van der Waals surface area contributed by atoms with Crippen LogP contribution >= 0.6 is 0 Å². The van der Waals surface area contributed by atoms with Crippen LogP contribution in [0.3, 0.4) is 0 Å². The molecule has 742 valence electrons. The Morgan fingerprint density at radius 3 is 0.581 bits per heavy atom. The molecule has 0 rings (SSSR count). The normalized spacial score (nSPS) is 12.7. The van der Waals surface area contributed by atoms with Crippen molar-refractivity contribution in [3.8, 4) is 0 Å². The van der Waals surface area contributed by atoms with Crippen LogP contribution in [0.5, 0.6) is 0 Å². The van der Waals surface area contributed by atoms with E-state index in [4.69, 9.17) is 47.4 Å². The van der Waals surface area contributed by atoms with Crippen LogP contribution in [0.25, 0.3) is 0 Å². The Hall–Kier alpha value is -7.80. The van der Waals surface area contributed by atoms with Gasteiger partial charge in [-0.1, -0.05) is 0 Å². The Balaban J connectivity index is -0.000000809. The van der Waals surface area contributed by atoms with Gasteiger partial charge in [-0.3, -0.25) is 76.7 Å². The van der Waals surface area contributed by atoms with E-state index in [1.165, 1.54) is 55.4 Å². The lowest BCUT2D eigenvalue weighted by atomic mass is 9.89. The average Bonchev–Trinajstić information content (AvgIpc) is 0.934. The van der Waals surface area contributed by atoms with Crippen LogP contribution in [0.2, 0.25) is 0 Å². The lowest BCUT2D eigenvalue weighted by molar-refractivity contribution is -0.130. The maximum Gasteiger partial charge on any atom is 0.223 e. The molecule has 0 bridgehead atoms. The Morgan fingerprint density at radius 1 is 0.209 bits per heavy atom. The van der Waals surface area contributed by atoms with Crippen molar-refractivity contribution in [1.82, 2.24) is 21.3 Å². The second kappa shape index (κ2) is 85.7. The molecule has 4 N–H and O–H groups in total. The quantitative estimate of drug-likeness (QED) is 0.0412. The molecule has 34 nitrogen and oxygen atoms in total. The maximum absolute atomic E-state index is 12.7. The van der Waals surface area contributed by atoms with Gasteiger partial charge in [0.25, 0.3) is 0 Å². The Morgan fingerprint density at radius 2 is 0.395 bits per heavy atom. The fourth-order valence-electron chi connectivity index (χ4n) is 12.8. The minimum absolute atomic E-state index is 0.0125. The predicted octanol–water partition coefficient (Wildman–Crippen LogP) is 9.46. The van der Waals surface area contributed by atoms with Crippen LogP contribution < -0.4 is 21.3 Å². The molecule has 8 unspecified atom stereocenters. The van der Waals surface area contributed by atoms with E-state index in [0.29, 0.717) is 189 Å². The maximum atomic E-state index is 12.7. The van der Waals surface area contributed by atoms with Crippen LogP contribution in [0.4, 0.5) is 0 Å². The van der Waals surface area contributed by atoms with E-state index in [1.54, 1.807) is 7.11 Å². The van der Waals surface area contributed by atoms with Crippen molar-refractivity contribution in [2.45, 2.75) is 284 Å². The summed E-state index contributed by atoms with van der Waals surface area (Å²) in [6, 6.07) is 0. The summed E-state index contributed by atoms with van der Waals surface area (Å²) in [4.78, 5) is 240. The fraction of sp³-hybridized carbons (Fsp3) is 0.789. The molecule has 8 atom stereocenters. The predicted molar refractivity (Wildman–Crippen MR) is 484 cm³/mol. The highest BCUT2D eigenvalue weighted by Gasteiger charge is 2.29. The summed E-state index contributed by atoms with van der Waals surface area (Å²) in [6.07, 6.45) is 6.68. The second-order valence-corrected chi connectivity index (χ2v) is 32.0. The Kier molecular flexibility index (Phi) is 84.7. The molecule has 0 aliphatic heterocycles. The van der Waals surface area contributed by atoms with Gasteiger partial charge in [-0.2, -0.15) is 0 Å². The molecule has 129 heavy (non-hydrogen) atoms. The number of hydrogen-bond acceptors (Lipinski definition) is 30. The van der Waals surface area contributed by atoms with Gasteiger partial charge in [-0.05, 0) is 181 Å². The van der Waals surface area contributed by atoms with Crippen molar-refractivity contribution in [3.05, 3.63) is 0 Å². The number of hydrogen-bond donors (Lipinski definition) is 4. The van der Waals surface area contributed by atoms with Crippen LogP contribution in [-0.2, 0) is 143 Å². The minimum Gasteiger partial charge on any atom is -0.382 e. The molecule has 0 spiro atoms. The Bertz CT molecular complexity index is 3020. The van der Waals surface area contributed by atoms with Crippen molar-refractivity contribution in [2.24, 2.45) is 47.3 Å². The zero-order valence-corrected chi connectivity index (χ0v) is 80.9. The first-order valence-electron chi connectivity index (χ1n) is 46.3. The van der Waals surface area contributed by atoms with Gasteiger partial charge in [0.15, 0.2) is 23.1 Å². The van der Waals surface area contributed by atoms with Gasteiger partial charge in [0, 0.05) is 210 Å². The number of rotatable bonds is 85. The molecule has 0 saturated heterocycles. The number of ketones is 16. The standard InChI is InChI=1S/C26H45NO9.3C23H39NO7/c1-5-34-16-17-36-19-25(31)11-9-22(26(32)27-12-13-35-15-14-33-4)8-10-24(30)18-23(21(3)29)7-6-20(2)28;3*1-5-24-23(29)19(10-12-22(28)16-31-14-13-30-6-2)9-11-21(27)15-20(18(4)26)8-7-17(3)25/h22-23H,5-19H2,1-4H3,(H,27,32);3*19-20H,5-16H2,1-4H3,(H,24,29). The summed E-state index contributed by atoms with van der Waals surface area (Å²) < 4.78 is 51.9. The topological polar surface area (TPSA) is 482 Å². The first kappa shape index (κ1) is 127. The molecule has 0 radical (unpaired) electrons. The van der Waals surface area contributed by atoms with E-state index in [-0.39, 0.29) is 258 Å². The van der Waals surface area contributed by atoms with Crippen molar-refractivity contribution < 1.29 is 143 Å². The van der Waals surface area contributed by atoms with E-state index in [9.17, 15) is 95.9 Å². The highest BCUT2D eigenvalue weighted by atomic mass is 16.5. The number of methoxy groups -OCH3 is 1. The van der Waals surface area contributed by atoms with Gasteiger partial charge in [-0.25, -0.2) is 0 Å². The number of ether oxygens (including phenoxy) is 10. The number of amides is 4. The largest absolute Gasteiger partial charge is 0.382 e. The third-order valence-corrected chi connectivity index (χ3v) is 20.6. The minimum atomic E-state index is -0.534. The van der Waals surface area contributed by atoms with Crippen LogP contribution in [0.15, 0.2) is 0 Å². The third kappa shape index (κ3) is 79.7. The molecule has 0 aromatic rings. The molecule has 0 aromatic carbocycles. The number of nitrogens with one attached hydrogen (secondary N) is 4. The first-order valence-corrected chi connectivity index (χ1v) is 46.3. The molecular formula is C95H162N4O30. The summed E-state index contributed by atoms with van der Waals surface area (Å²) in [5.74, 6) is -5.95. The van der Waals surface area contributed by atoms with Crippen molar-refractivity contribution in [3.63, 3.8) is 0 Å². The van der Waals surface area contributed by atoms with Crippen molar-refractivity contribution in [2.75, 3.05) is 159 Å². The highest BCUT2D eigenvalue weighted by molar-refractivity contribution is 5.92. The van der Waals surface area contributed by atoms with Gasteiger partial charge in [0.05, 0.1) is 72.7 Å². The van der Waals surface area contributed by atoms with E-state index < -0.39 is 47.3 Å². The monoisotopic (exact) mass is 1840 g/mol. The van der Waals surface area contributed by atoms with E-state index in [1.807, 2.05) is 48.5 Å². The lowest BCUT2D eigenvalue weighted by Crippen LogP contribution is -2.34. The smallest absolute Gasteiger partial charge is 0.223 e. The van der Waals surface area contributed by atoms with Gasteiger partial charge in [0.2, 0.25) is 23.6 Å². The van der Waals surface area contributed by atoms with E-state index in [0.717, 1.165) is 0 Å². The first-order chi connectivity index (χ1) is 61.3.